The maximum absolute atomic E-state index is 11.5. The van der Waals surface area contributed by atoms with Gasteiger partial charge >= 0.3 is 11.9 Å². The van der Waals surface area contributed by atoms with Crippen molar-refractivity contribution in [3.05, 3.63) is 23.9 Å². The molecule has 0 bridgehead atoms. The summed E-state index contributed by atoms with van der Waals surface area (Å²) in [5.74, 6) is -0.504. The molecule has 1 aromatic rings. The number of carbonyl (C=O) groups excluding carboxylic acids is 1. The SMILES string of the molecule is CCOC(=O)c1ccc(N(CCC(=O)O)C2CC2)nc1. The summed E-state index contributed by atoms with van der Waals surface area (Å²) in [5.41, 5.74) is 0.407. The zero-order valence-electron chi connectivity index (χ0n) is 11.4. The maximum atomic E-state index is 11.5. The predicted molar refractivity (Wildman–Crippen MR) is 72.8 cm³/mol. The molecule has 1 N–H and O–H groups in total. The lowest BCUT2D eigenvalue weighted by molar-refractivity contribution is -0.136. The number of rotatable bonds is 7. The first-order chi connectivity index (χ1) is 9.61. The summed E-state index contributed by atoms with van der Waals surface area (Å²) in [5, 5.41) is 8.78. The summed E-state index contributed by atoms with van der Waals surface area (Å²) in [4.78, 5) is 28.5. The molecule has 0 radical (unpaired) electrons. The van der Waals surface area contributed by atoms with Crippen molar-refractivity contribution in [1.82, 2.24) is 4.98 Å². The van der Waals surface area contributed by atoms with Gasteiger partial charge in [0.1, 0.15) is 5.82 Å². The molecule has 2 rings (SSSR count). The molecule has 1 fully saturated rings. The molecule has 108 valence electrons. The van der Waals surface area contributed by atoms with E-state index >= 15 is 0 Å². The Morgan fingerprint density at radius 3 is 2.70 bits per heavy atom. The van der Waals surface area contributed by atoms with E-state index in [4.69, 9.17) is 9.84 Å². The van der Waals surface area contributed by atoms with Crippen LogP contribution in [0.5, 0.6) is 0 Å². The van der Waals surface area contributed by atoms with Crippen molar-refractivity contribution in [2.75, 3.05) is 18.1 Å². The number of anilines is 1. The van der Waals surface area contributed by atoms with Crippen LogP contribution < -0.4 is 4.90 Å². The Morgan fingerprint density at radius 1 is 1.45 bits per heavy atom. The van der Waals surface area contributed by atoms with Crippen LogP contribution in [0.4, 0.5) is 5.82 Å². The Labute approximate surface area is 117 Å². The summed E-state index contributed by atoms with van der Waals surface area (Å²) in [6, 6.07) is 3.78. The third-order valence-corrected chi connectivity index (χ3v) is 3.11. The maximum Gasteiger partial charge on any atom is 0.339 e. The van der Waals surface area contributed by atoms with Gasteiger partial charge in [0.15, 0.2) is 0 Å². The molecule has 1 aliphatic carbocycles. The Kier molecular flexibility index (Phi) is 4.55. The molecule has 1 saturated carbocycles. The van der Waals surface area contributed by atoms with E-state index < -0.39 is 11.9 Å². The molecule has 1 aliphatic rings. The van der Waals surface area contributed by atoms with Gasteiger partial charge in [-0.2, -0.15) is 0 Å². The molecule has 0 atom stereocenters. The number of aliphatic carboxylic acids is 1. The quantitative estimate of drug-likeness (QED) is 0.765. The number of carboxylic acids is 1. The van der Waals surface area contributed by atoms with Crippen LogP contribution >= 0.6 is 0 Å². The van der Waals surface area contributed by atoms with Gasteiger partial charge in [0.25, 0.3) is 0 Å². The zero-order chi connectivity index (χ0) is 14.5. The van der Waals surface area contributed by atoms with Crippen LogP contribution in [0.3, 0.4) is 0 Å². The molecule has 0 saturated heterocycles. The lowest BCUT2D eigenvalue weighted by atomic mass is 10.2. The van der Waals surface area contributed by atoms with Gasteiger partial charge in [-0.15, -0.1) is 0 Å². The Morgan fingerprint density at radius 2 is 2.20 bits per heavy atom. The highest BCUT2D eigenvalue weighted by Crippen LogP contribution is 2.30. The molecule has 1 heterocycles. The molecule has 20 heavy (non-hydrogen) atoms. The summed E-state index contributed by atoms with van der Waals surface area (Å²) in [6.45, 7) is 2.51. The van der Waals surface area contributed by atoms with Crippen molar-refractivity contribution in [3.63, 3.8) is 0 Å². The topological polar surface area (TPSA) is 79.7 Å². The number of carboxylic acid groups (broad SMARTS) is 1. The van der Waals surface area contributed by atoms with Crippen LogP contribution in [0.2, 0.25) is 0 Å². The van der Waals surface area contributed by atoms with E-state index in [1.54, 1.807) is 19.1 Å². The third kappa shape index (κ3) is 3.69. The molecule has 6 heteroatoms. The van der Waals surface area contributed by atoms with Gasteiger partial charge in [-0.05, 0) is 31.9 Å². The standard InChI is InChI=1S/C14H18N2O4/c1-2-20-14(19)10-3-6-12(15-9-10)16(11-4-5-11)8-7-13(17)18/h3,6,9,11H,2,4-5,7-8H2,1H3,(H,17,18). The zero-order valence-corrected chi connectivity index (χ0v) is 11.4. The smallest absolute Gasteiger partial charge is 0.339 e. The van der Waals surface area contributed by atoms with Gasteiger partial charge in [-0.1, -0.05) is 0 Å². The van der Waals surface area contributed by atoms with Crippen LogP contribution in [0.15, 0.2) is 18.3 Å². The van der Waals surface area contributed by atoms with Crippen molar-refractivity contribution in [2.24, 2.45) is 0 Å². The minimum Gasteiger partial charge on any atom is -0.481 e. The van der Waals surface area contributed by atoms with Crippen LogP contribution in [-0.2, 0) is 9.53 Å². The van der Waals surface area contributed by atoms with E-state index in [0.717, 1.165) is 12.8 Å². The lowest BCUT2D eigenvalue weighted by Gasteiger charge is -2.22. The Balaban J connectivity index is 2.05. The van der Waals surface area contributed by atoms with Crippen LogP contribution in [0.1, 0.15) is 36.5 Å². The number of pyridine rings is 1. The van der Waals surface area contributed by atoms with Gasteiger partial charge in [-0.3, -0.25) is 4.79 Å². The number of ether oxygens (including phenoxy) is 1. The van der Waals surface area contributed by atoms with E-state index in [1.807, 2.05) is 4.90 Å². The van der Waals surface area contributed by atoms with Crippen LogP contribution in [-0.4, -0.2) is 41.2 Å². The minimum atomic E-state index is -0.821. The molecular formula is C14H18N2O4. The molecule has 1 aromatic heterocycles. The van der Waals surface area contributed by atoms with Crippen molar-refractivity contribution in [3.8, 4) is 0 Å². The molecule has 0 amide bonds. The van der Waals surface area contributed by atoms with Gasteiger partial charge in [0.05, 0.1) is 18.6 Å². The predicted octanol–water partition coefficient (Wildman–Crippen LogP) is 1.70. The van der Waals surface area contributed by atoms with Crippen molar-refractivity contribution < 1.29 is 19.4 Å². The molecule has 0 unspecified atom stereocenters. The number of esters is 1. The first-order valence-corrected chi connectivity index (χ1v) is 6.73. The second-order valence-corrected chi connectivity index (χ2v) is 4.69. The van der Waals surface area contributed by atoms with Crippen molar-refractivity contribution >= 4 is 17.8 Å². The molecular weight excluding hydrogens is 260 g/mol. The highest BCUT2D eigenvalue weighted by Gasteiger charge is 2.30. The highest BCUT2D eigenvalue weighted by atomic mass is 16.5. The normalized spacial score (nSPS) is 13.8. The summed E-state index contributed by atoms with van der Waals surface area (Å²) < 4.78 is 4.90. The van der Waals surface area contributed by atoms with E-state index in [9.17, 15) is 9.59 Å². The van der Waals surface area contributed by atoms with Gasteiger partial charge in [-0.25, -0.2) is 9.78 Å². The van der Waals surface area contributed by atoms with E-state index in [1.165, 1.54) is 6.20 Å². The third-order valence-electron chi connectivity index (χ3n) is 3.11. The number of hydrogen-bond donors (Lipinski definition) is 1. The van der Waals surface area contributed by atoms with E-state index in [0.29, 0.717) is 30.6 Å². The Bertz CT molecular complexity index is 482. The fourth-order valence-electron chi connectivity index (χ4n) is 1.98. The first kappa shape index (κ1) is 14.3. The van der Waals surface area contributed by atoms with Crippen LogP contribution in [0, 0.1) is 0 Å². The van der Waals surface area contributed by atoms with E-state index in [2.05, 4.69) is 4.98 Å². The number of aromatic nitrogens is 1. The first-order valence-electron chi connectivity index (χ1n) is 6.73. The molecule has 0 aliphatic heterocycles. The fraction of sp³-hybridized carbons (Fsp3) is 0.500. The summed E-state index contributed by atoms with van der Waals surface area (Å²) >= 11 is 0. The van der Waals surface area contributed by atoms with E-state index in [-0.39, 0.29) is 6.42 Å². The number of hydrogen-bond acceptors (Lipinski definition) is 5. The fourth-order valence-corrected chi connectivity index (χ4v) is 1.98. The second kappa shape index (κ2) is 6.36. The van der Waals surface area contributed by atoms with Gasteiger partial charge in [0, 0.05) is 18.8 Å². The lowest BCUT2D eigenvalue weighted by Crippen LogP contribution is -2.29. The van der Waals surface area contributed by atoms with Gasteiger partial charge < -0.3 is 14.7 Å². The molecule has 0 spiro atoms. The monoisotopic (exact) mass is 278 g/mol. The largest absolute Gasteiger partial charge is 0.481 e. The number of nitrogens with zero attached hydrogens (tertiary/aromatic N) is 2. The summed E-state index contributed by atoms with van der Waals surface area (Å²) in [6.07, 6.45) is 3.67. The van der Waals surface area contributed by atoms with Crippen LogP contribution in [0.25, 0.3) is 0 Å². The average Bonchev–Trinajstić information content (AvgIpc) is 3.24. The minimum absolute atomic E-state index is 0.0812. The highest BCUT2D eigenvalue weighted by molar-refractivity contribution is 5.89. The summed E-state index contributed by atoms with van der Waals surface area (Å²) in [7, 11) is 0. The molecule has 6 nitrogen and oxygen atoms in total. The Hall–Kier alpha value is -2.11. The number of carbonyl (C=O) groups is 2. The molecule has 0 aromatic carbocycles. The average molecular weight is 278 g/mol. The van der Waals surface area contributed by atoms with Crippen molar-refractivity contribution in [1.29, 1.82) is 0 Å². The second-order valence-electron chi connectivity index (χ2n) is 4.69. The van der Waals surface area contributed by atoms with Gasteiger partial charge in [0.2, 0.25) is 0 Å². The van der Waals surface area contributed by atoms with Crippen molar-refractivity contribution in [2.45, 2.75) is 32.2 Å².